The Morgan fingerprint density at radius 2 is 1.71 bits per heavy atom. The first-order valence-corrected chi connectivity index (χ1v) is 6.69. The lowest BCUT2D eigenvalue weighted by molar-refractivity contribution is -0.133. The fourth-order valence-corrected chi connectivity index (χ4v) is 2.21. The lowest BCUT2D eigenvalue weighted by atomic mass is 10.1. The van der Waals surface area contributed by atoms with Gasteiger partial charge < -0.3 is 9.84 Å². The number of benzene rings is 2. The number of phenolic OH excluding ortho intramolecular Hbond substituents is 1. The van der Waals surface area contributed by atoms with Gasteiger partial charge in [-0.2, -0.15) is 0 Å². The molecular formula is C18H14O3. The molecule has 1 aliphatic rings. The molecule has 0 bridgehead atoms. The molecule has 1 heterocycles. The van der Waals surface area contributed by atoms with E-state index in [1.165, 1.54) is 0 Å². The van der Waals surface area contributed by atoms with Crippen LogP contribution in [0, 0.1) is 0 Å². The van der Waals surface area contributed by atoms with Crippen LogP contribution in [0.3, 0.4) is 0 Å². The molecule has 21 heavy (non-hydrogen) atoms. The Labute approximate surface area is 122 Å². The molecule has 0 spiro atoms. The van der Waals surface area contributed by atoms with Crippen molar-refractivity contribution in [2.75, 3.05) is 0 Å². The Balaban J connectivity index is 1.84. The van der Waals surface area contributed by atoms with Crippen molar-refractivity contribution in [2.45, 2.75) is 6.42 Å². The van der Waals surface area contributed by atoms with Gasteiger partial charge in [0.05, 0.1) is 0 Å². The monoisotopic (exact) mass is 278 g/mol. The molecule has 3 heteroatoms. The molecule has 2 aromatic carbocycles. The minimum Gasteiger partial charge on any atom is -0.507 e. The van der Waals surface area contributed by atoms with Gasteiger partial charge in [0.1, 0.15) is 11.5 Å². The van der Waals surface area contributed by atoms with Crippen LogP contribution in [0.25, 0.3) is 6.08 Å². The van der Waals surface area contributed by atoms with Crippen LogP contribution in [-0.4, -0.2) is 11.1 Å². The predicted octanol–water partition coefficient (Wildman–Crippen LogP) is 3.46. The fourth-order valence-electron chi connectivity index (χ4n) is 2.21. The second kappa shape index (κ2) is 5.67. The normalized spacial score (nSPS) is 15.9. The maximum Gasteiger partial charge on any atom is 0.339 e. The largest absolute Gasteiger partial charge is 0.507 e. The summed E-state index contributed by atoms with van der Waals surface area (Å²) in [4.78, 5) is 11.9. The minimum absolute atomic E-state index is 0.158. The zero-order chi connectivity index (χ0) is 14.7. The van der Waals surface area contributed by atoms with Crippen molar-refractivity contribution < 1.29 is 14.6 Å². The smallest absolute Gasteiger partial charge is 0.339 e. The third-order valence-electron chi connectivity index (χ3n) is 3.26. The van der Waals surface area contributed by atoms with Crippen molar-refractivity contribution in [1.82, 2.24) is 0 Å². The summed E-state index contributed by atoms with van der Waals surface area (Å²) in [5.41, 5.74) is 2.30. The number of hydrogen-bond acceptors (Lipinski definition) is 3. The summed E-state index contributed by atoms with van der Waals surface area (Å²) in [7, 11) is 0. The number of cyclic esters (lactones) is 1. The number of rotatable bonds is 3. The van der Waals surface area contributed by atoms with E-state index >= 15 is 0 Å². The Morgan fingerprint density at radius 3 is 2.48 bits per heavy atom. The Morgan fingerprint density at radius 1 is 1.00 bits per heavy atom. The lowest BCUT2D eigenvalue weighted by Crippen LogP contribution is -2.01. The molecule has 0 atom stereocenters. The van der Waals surface area contributed by atoms with Crippen LogP contribution >= 0.6 is 0 Å². The minimum atomic E-state index is -0.333. The molecule has 104 valence electrons. The molecule has 1 N–H and O–H groups in total. The van der Waals surface area contributed by atoms with Crippen molar-refractivity contribution in [3.63, 3.8) is 0 Å². The highest BCUT2D eigenvalue weighted by molar-refractivity contribution is 5.94. The van der Waals surface area contributed by atoms with Crippen LogP contribution in [0.1, 0.15) is 11.1 Å². The molecule has 3 rings (SSSR count). The number of hydrogen-bond donors (Lipinski definition) is 1. The molecular weight excluding hydrogens is 264 g/mol. The van der Waals surface area contributed by atoms with Gasteiger partial charge in [-0.25, -0.2) is 4.79 Å². The van der Waals surface area contributed by atoms with Crippen LogP contribution in [0.15, 0.2) is 72.0 Å². The predicted molar refractivity (Wildman–Crippen MR) is 80.4 cm³/mol. The van der Waals surface area contributed by atoms with Crippen LogP contribution in [-0.2, 0) is 16.0 Å². The highest BCUT2D eigenvalue weighted by Gasteiger charge is 2.21. The first-order chi connectivity index (χ1) is 10.2. The topological polar surface area (TPSA) is 46.5 Å². The molecule has 2 aromatic rings. The number of carbonyl (C=O) groups excluding carboxylic acids is 1. The molecule has 3 nitrogen and oxygen atoms in total. The molecule has 0 saturated heterocycles. The van der Waals surface area contributed by atoms with E-state index in [4.69, 9.17) is 4.74 Å². The van der Waals surface area contributed by atoms with Crippen LogP contribution in [0.4, 0.5) is 0 Å². The van der Waals surface area contributed by atoms with Crippen molar-refractivity contribution in [2.24, 2.45) is 0 Å². The van der Waals surface area contributed by atoms with E-state index in [-0.39, 0.29) is 11.7 Å². The van der Waals surface area contributed by atoms with Crippen molar-refractivity contribution >= 4 is 12.0 Å². The second-order valence-corrected chi connectivity index (χ2v) is 4.83. The first kappa shape index (κ1) is 13.2. The van der Waals surface area contributed by atoms with Crippen LogP contribution in [0.5, 0.6) is 5.75 Å². The van der Waals surface area contributed by atoms with Crippen molar-refractivity contribution in [3.05, 3.63) is 83.1 Å². The molecule has 0 amide bonds. The number of carbonyl (C=O) groups is 1. The Hall–Kier alpha value is -2.81. The van der Waals surface area contributed by atoms with Crippen molar-refractivity contribution in [3.8, 4) is 5.75 Å². The molecule has 1 aliphatic heterocycles. The van der Waals surface area contributed by atoms with Gasteiger partial charge in [-0.1, -0.05) is 48.5 Å². The van der Waals surface area contributed by atoms with E-state index in [0.717, 1.165) is 5.56 Å². The zero-order valence-corrected chi connectivity index (χ0v) is 11.3. The lowest BCUT2D eigenvalue weighted by Gasteiger charge is -2.00. The SMILES string of the molecule is O=C1O/C(=C\c2ccccc2O)C=C1Cc1ccccc1. The maximum atomic E-state index is 11.9. The summed E-state index contributed by atoms with van der Waals surface area (Å²) in [6, 6.07) is 16.7. The summed E-state index contributed by atoms with van der Waals surface area (Å²) in [6.45, 7) is 0. The first-order valence-electron chi connectivity index (χ1n) is 6.69. The van der Waals surface area contributed by atoms with E-state index in [2.05, 4.69) is 0 Å². The summed E-state index contributed by atoms with van der Waals surface area (Å²) in [5, 5.41) is 9.73. The van der Waals surface area contributed by atoms with Gasteiger partial charge in [0.25, 0.3) is 0 Å². The highest BCUT2D eigenvalue weighted by Crippen LogP contribution is 2.25. The fraction of sp³-hybridized carbons (Fsp3) is 0.0556. The zero-order valence-electron chi connectivity index (χ0n) is 11.3. The van der Waals surface area contributed by atoms with E-state index in [1.54, 1.807) is 30.4 Å². The number of phenols is 1. The number of allylic oxidation sites excluding steroid dienone is 1. The molecule has 0 unspecified atom stereocenters. The number of aromatic hydroxyl groups is 1. The number of ether oxygens (including phenoxy) is 1. The Kier molecular flexibility index (Phi) is 3.56. The number of esters is 1. The summed E-state index contributed by atoms with van der Waals surface area (Å²) >= 11 is 0. The van der Waals surface area contributed by atoms with Crippen LogP contribution in [0.2, 0.25) is 0 Å². The van der Waals surface area contributed by atoms with E-state index in [9.17, 15) is 9.90 Å². The summed E-state index contributed by atoms with van der Waals surface area (Å²) < 4.78 is 5.22. The highest BCUT2D eigenvalue weighted by atomic mass is 16.5. The van der Waals surface area contributed by atoms with E-state index < -0.39 is 0 Å². The van der Waals surface area contributed by atoms with Gasteiger partial charge in [-0.3, -0.25) is 0 Å². The summed E-state index contributed by atoms with van der Waals surface area (Å²) in [5.74, 6) is 0.277. The average Bonchev–Trinajstić information content (AvgIpc) is 2.82. The van der Waals surface area contributed by atoms with Gasteiger partial charge in [-0.05, 0) is 23.8 Å². The maximum absolute atomic E-state index is 11.9. The summed E-state index contributed by atoms with van der Waals surface area (Å²) in [6.07, 6.45) is 3.92. The molecule has 0 saturated carbocycles. The van der Waals surface area contributed by atoms with Gasteiger partial charge in [0.2, 0.25) is 0 Å². The van der Waals surface area contributed by atoms with Gasteiger partial charge in [-0.15, -0.1) is 0 Å². The third-order valence-corrected chi connectivity index (χ3v) is 3.26. The molecule has 0 fully saturated rings. The van der Waals surface area contributed by atoms with E-state index in [0.29, 0.717) is 23.3 Å². The van der Waals surface area contributed by atoms with Crippen LogP contribution < -0.4 is 0 Å². The quantitative estimate of drug-likeness (QED) is 0.875. The molecule has 0 aromatic heterocycles. The Bertz CT molecular complexity index is 727. The number of para-hydroxylation sites is 1. The van der Waals surface area contributed by atoms with Gasteiger partial charge >= 0.3 is 5.97 Å². The average molecular weight is 278 g/mol. The molecule has 0 aliphatic carbocycles. The van der Waals surface area contributed by atoms with Gasteiger partial charge in [0.15, 0.2) is 0 Å². The van der Waals surface area contributed by atoms with E-state index in [1.807, 2.05) is 36.4 Å². The van der Waals surface area contributed by atoms with Gasteiger partial charge in [0, 0.05) is 17.6 Å². The molecule has 0 radical (unpaired) electrons. The third kappa shape index (κ3) is 3.03. The second-order valence-electron chi connectivity index (χ2n) is 4.83. The standard InChI is InChI=1S/C18H14O3/c19-17-9-5-4-8-14(17)11-16-12-15(18(20)21-16)10-13-6-2-1-3-7-13/h1-9,11-12,19H,10H2/b16-11-. The van der Waals surface area contributed by atoms with Crippen molar-refractivity contribution in [1.29, 1.82) is 0 Å².